The maximum Gasteiger partial charge on any atom is 0.147 e. The van der Waals surface area contributed by atoms with E-state index in [1.165, 1.54) is 23.9 Å². The van der Waals surface area contributed by atoms with Crippen molar-refractivity contribution in [2.75, 3.05) is 5.73 Å². The Morgan fingerprint density at radius 2 is 2.29 bits per heavy atom. The fraction of sp³-hybridized carbons (Fsp3) is 0.200. The molecular formula is C10H9ClFNS. The standard InChI is InChI=1S/C10H9ClFNS/c1-3-6(2)14-10-5-9(13)8(12)4-7(10)11/h1,4-6H,13H2,2H3. The van der Waals surface area contributed by atoms with Crippen LogP contribution >= 0.6 is 23.4 Å². The quantitative estimate of drug-likeness (QED) is 0.479. The van der Waals surface area contributed by atoms with E-state index in [-0.39, 0.29) is 10.9 Å². The molecule has 0 aliphatic rings. The highest BCUT2D eigenvalue weighted by molar-refractivity contribution is 8.00. The molecule has 4 heteroatoms. The van der Waals surface area contributed by atoms with Crippen molar-refractivity contribution < 1.29 is 4.39 Å². The number of benzene rings is 1. The number of anilines is 1. The summed E-state index contributed by atoms with van der Waals surface area (Å²) in [7, 11) is 0. The van der Waals surface area contributed by atoms with Gasteiger partial charge < -0.3 is 5.73 Å². The van der Waals surface area contributed by atoms with Gasteiger partial charge in [0.05, 0.1) is 16.0 Å². The van der Waals surface area contributed by atoms with Crippen molar-refractivity contribution in [3.8, 4) is 12.3 Å². The molecule has 1 rings (SSSR count). The number of halogens is 2. The van der Waals surface area contributed by atoms with Gasteiger partial charge in [-0.2, -0.15) is 0 Å². The molecule has 1 aromatic rings. The number of nitrogen functional groups attached to an aromatic ring is 1. The summed E-state index contributed by atoms with van der Waals surface area (Å²) < 4.78 is 12.9. The number of terminal acetylenes is 1. The maximum absolute atomic E-state index is 12.9. The summed E-state index contributed by atoms with van der Waals surface area (Å²) >= 11 is 7.20. The predicted molar refractivity (Wildman–Crippen MR) is 60.0 cm³/mol. The smallest absolute Gasteiger partial charge is 0.147 e. The van der Waals surface area contributed by atoms with Crippen molar-refractivity contribution >= 4 is 29.1 Å². The number of hydrogen-bond donors (Lipinski definition) is 1. The summed E-state index contributed by atoms with van der Waals surface area (Å²) in [5.74, 6) is 2.04. The van der Waals surface area contributed by atoms with E-state index >= 15 is 0 Å². The van der Waals surface area contributed by atoms with Crippen LogP contribution in [0.1, 0.15) is 6.92 Å². The zero-order valence-corrected chi connectivity index (χ0v) is 9.12. The molecule has 0 saturated carbocycles. The van der Waals surface area contributed by atoms with Gasteiger partial charge in [-0.25, -0.2) is 4.39 Å². The second-order valence-electron chi connectivity index (χ2n) is 2.73. The van der Waals surface area contributed by atoms with Gasteiger partial charge in [-0.3, -0.25) is 0 Å². The van der Waals surface area contributed by atoms with E-state index in [9.17, 15) is 4.39 Å². The topological polar surface area (TPSA) is 26.0 Å². The predicted octanol–water partition coefficient (Wildman–Crippen LogP) is 3.18. The molecule has 1 aromatic carbocycles. The molecule has 0 radical (unpaired) electrons. The normalized spacial score (nSPS) is 12.1. The fourth-order valence-electron chi connectivity index (χ4n) is 0.860. The van der Waals surface area contributed by atoms with Gasteiger partial charge in [0.1, 0.15) is 5.82 Å². The van der Waals surface area contributed by atoms with Crippen molar-refractivity contribution in [1.82, 2.24) is 0 Å². The van der Waals surface area contributed by atoms with Crippen molar-refractivity contribution in [2.45, 2.75) is 17.1 Å². The Kier molecular flexibility index (Phi) is 3.68. The van der Waals surface area contributed by atoms with Crippen LogP contribution in [0, 0.1) is 18.2 Å². The molecule has 2 N–H and O–H groups in total. The number of nitrogens with two attached hydrogens (primary N) is 1. The molecule has 0 aliphatic carbocycles. The third-order valence-corrected chi connectivity index (χ3v) is 3.10. The minimum Gasteiger partial charge on any atom is -0.396 e. The average Bonchev–Trinajstić information content (AvgIpc) is 2.14. The first-order valence-corrected chi connectivity index (χ1v) is 5.17. The van der Waals surface area contributed by atoms with Gasteiger partial charge in [0.15, 0.2) is 0 Å². The van der Waals surface area contributed by atoms with Crippen LogP contribution in [-0.2, 0) is 0 Å². The Morgan fingerprint density at radius 1 is 1.64 bits per heavy atom. The first-order chi connectivity index (χ1) is 6.54. The van der Waals surface area contributed by atoms with Crippen molar-refractivity contribution in [2.24, 2.45) is 0 Å². The van der Waals surface area contributed by atoms with Crippen LogP contribution in [-0.4, -0.2) is 5.25 Å². The molecule has 0 aromatic heterocycles. The highest BCUT2D eigenvalue weighted by atomic mass is 35.5. The summed E-state index contributed by atoms with van der Waals surface area (Å²) in [5.41, 5.74) is 5.49. The van der Waals surface area contributed by atoms with Gasteiger partial charge in [-0.05, 0) is 19.1 Å². The maximum atomic E-state index is 12.9. The highest BCUT2D eigenvalue weighted by Crippen LogP contribution is 2.32. The largest absolute Gasteiger partial charge is 0.396 e. The summed E-state index contributed by atoms with van der Waals surface area (Å²) in [6.45, 7) is 1.86. The van der Waals surface area contributed by atoms with Crippen LogP contribution in [0.5, 0.6) is 0 Å². The Balaban J connectivity index is 2.99. The molecule has 0 bridgehead atoms. The van der Waals surface area contributed by atoms with Crippen molar-refractivity contribution in [1.29, 1.82) is 0 Å². The monoisotopic (exact) mass is 229 g/mol. The van der Waals surface area contributed by atoms with E-state index in [1.807, 2.05) is 6.92 Å². The van der Waals surface area contributed by atoms with E-state index in [1.54, 1.807) is 0 Å². The SMILES string of the molecule is C#CC(C)Sc1cc(N)c(F)cc1Cl. The minimum atomic E-state index is -0.507. The van der Waals surface area contributed by atoms with Crippen molar-refractivity contribution in [3.05, 3.63) is 23.0 Å². The van der Waals surface area contributed by atoms with Crippen LogP contribution < -0.4 is 5.73 Å². The van der Waals surface area contributed by atoms with Gasteiger partial charge in [0.25, 0.3) is 0 Å². The lowest BCUT2D eigenvalue weighted by atomic mass is 10.3. The van der Waals surface area contributed by atoms with Gasteiger partial charge in [-0.15, -0.1) is 18.2 Å². The van der Waals surface area contributed by atoms with Gasteiger partial charge in [0.2, 0.25) is 0 Å². The molecule has 1 unspecified atom stereocenters. The summed E-state index contributed by atoms with van der Waals surface area (Å²) in [6, 6.07) is 2.69. The molecular weight excluding hydrogens is 221 g/mol. The van der Waals surface area contributed by atoms with E-state index in [0.717, 1.165) is 0 Å². The van der Waals surface area contributed by atoms with Crippen LogP contribution in [0.25, 0.3) is 0 Å². The molecule has 0 saturated heterocycles. The van der Waals surface area contributed by atoms with Crippen LogP contribution in [0.4, 0.5) is 10.1 Å². The van der Waals surface area contributed by atoms with Crippen LogP contribution in [0.2, 0.25) is 5.02 Å². The summed E-state index contributed by atoms with van der Waals surface area (Å²) in [4.78, 5) is 0.705. The highest BCUT2D eigenvalue weighted by Gasteiger charge is 2.09. The lowest BCUT2D eigenvalue weighted by molar-refractivity contribution is 0.631. The number of thioether (sulfide) groups is 1. The molecule has 0 heterocycles. The lowest BCUT2D eigenvalue weighted by Crippen LogP contribution is -1.94. The van der Waals surface area contributed by atoms with E-state index < -0.39 is 5.82 Å². The molecule has 0 amide bonds. The summed E-state index contributed by atoms with van der Waals surface area (Å²) in [5, 5.41) is 0.321. The zero-order valence-electron chi connectivity index (χ0n) is 7.55. The number of rotatable bonds is 2. The first-order valence-electron chi connectivity index (χ1n) is 3.92. The van der Waals surface area contributed by atoms with Crippen molar-refractivity contribution in [3.63, 3.8) is 0 Å². The molecule has 0 spiro atoms. The molecule has 1 atom stereocenters. The number of hydrogen-bond acceptors (Lipinski definition) is 2. The second kappa shape index (κ2) is 4.59. The van der Waals surface area contributed by atoms with Gasteiger partial charge in [-0.1, -0.05) is 17.5 Å². The van der Waals surface area contributed by atoms with Gasteiger partial charge in [0, 0.05) is 4.90 Å². The Labute approximate surface area is 91.8 Å². The molecule has 0 fully saturated rings. The zero-order chi connectivity index (χ0) is 10.7. The van der Waals surface area contributed by atoms with Gasteiger partial charge >= 0.3 is 0 Å². The van der Waals surface area contributed by atoms with Crippen LogP contribution in [0.15, 0.2) is 17.0 Å². The first kappa shape index (κ1) is 11.2. The second-order valence-corrected chi connectivity index (χ2v) is 4.52. The van der Waals surface area contributed by atoms with Crippen LogP contribution in [0.3, 0.4) is 0 Å². The Hall–Kier alpha value is -0.850. The fourth-order valence-corrected chi connectivity index (χ4v) is 1.96. The molecule has 1 nitrogen and oxygen atoms in total. The van der Waals surface area contributed by atoms with E-state index in [4.69, 9.17) is 23.8 Å². The third kappa shape index (κ3) is 2.57. The molecule has 14 heavy (non-hydrogen) atoms. The Bertz CT molecular complexity index is 386. The minimum absolute atomic E-state index is 0.0163. The lowest BCUT2D eigenvalue weighted by Gasteiger charge is -2.07. The average molecular weight is 230 g/mol. The summed E-state index contributed by atoms with van der Waals surface area (Å²) in [6.07, 6.45) is 5.22. The molecule has 0 aliphatic heterocycles. The Morgan fingerprint density at radius 3 is 2.86 bits per heavy atom. The van der Waals surface area contributed by atoms with E-state index in [0.29, 0.717) is 9.92 Å². The van der Waals surface area contributed by atoms with E-state index in [2.05, 4.69) is 5.92 Å². The molecule has 74 valence electrons. The third-order valence-electron chi connectivity index (χ3n) is 1.59.